The average Bonchev–Trinajstić information content (AvgIpc) is 2.36. The van der Waals surface area contributed by atoms with Gasteiger partial charge in [0.15, 0.2) is 0 Å². The first-order valence-corrected chi connectivity index (χ1v) is 6.42. The summed E-state index contributed by atoms with van der Waals surface area (Å²) in [5.74, 6) is -1.09. The first kappa shape index (κ1) is 16.6. The summed E-state index contributed by atoms with van der Waals surface area (Å²) in [4.78, 5) is 39.6. The lowest BCUT2D eigenvalue weighted by atomic mass is 9.85. The molecule has 0 aromatic carbocycles. The van der Waals surface area contributed by atoms with Gasteiger partial charge in [-0.25, -0.2) is 9.78 Å². The molecule has 7 heteroatoms. The van der Waals surface area contributed by atoms with E-state index in [-0.39, 0.29) is 12.8 Å². The molecule has 1 rings (SSSR count). The van der Waals surface area contributed by atoms with Crippen molar-refractivity contribution in [2.45, 2.75) is 26.7 Å². The molecule has 7 nitrogen and oxygen atoms in total. The summed E-state index contributed by atoms with van der Waals surface area (Å²) in [5, 5.41) is 11.0. The molecule has 0 unspecified atom stereocenters. The number of aromatic nitrogens is 1. The van der Waals surface area contributed by atoms with Gasteiger partial charge in [-0.3, -0.25) is 19.8 Å². The van der Waals surface area contributed by atoms with Gasteiger partial charge in [-0.15, -0.1) is 0 Å². The van der Waals surface area contributed by atoms with E-state index < -0.39 is 23.3 Å². The normalized spacial score (nSPS) is 10.8. The van der Waals surface area contributed by atoms with Crippen LogP contribution in [-0.2, 0) is 9.59 Å². The lowest BCUT2D eigenvalue weighted by Crippen LogP contribution is -2.42. The lowest BCUT2D eigenvalue weighted by Gasteiger charge is -2.22. The number of carbonyl (C=O) groups is 3. The van der Waals surface area contributed by atoms with E-state index in [1.807, 2.05) is 0 Å². The van der Waals surface area contributed by atoms with Crippen LogP contribution < -0.4 is 10.2 Å². The van der Waals surface area contributed by atoms with Gasteiger partial charge >= 0.3 is 12.0 Å². The predicted octanol–water partition coefficient (Wildman–Crippen LogP) is 1.64. The minimum absolute atomic E-state index is 0.0545. The molecular formula is C14H19N3O4. The summed E-state index contributed by atoms with van der Waals surface area (Å²) in [6, 6.07) is 4.47. The van der Waals surface area contributed by atoms with E-state index in [0.29, 0.717) is 5.82 Å². The number of rotatable bonds is 5. The Hall–Kier alpha value is -2.44. The van der Waals surface area contributed by atoms with Gasteiger partial charge in [-0.05, 0) is 17.5 Å². The zero-order valence-corrected chi connectivity index (χ0v) is 12.3. The molecule has 1 heterocycles. The Labute approximate surface area is 123 Å². The Kier molecular flexibility index (Phi) is 5.40. The highest BCUT2D eigenvalue weighted by molar-refractivity contribution is 6.02. The molecule has 2 N–H and O–H groups in total. The average molecular weight is 293 g/mol. The molecular weight excluding hydrogens is 274 g/mol. The molecule has 0 radical (unpaired) electrons. The molecule has 21 heavy (non-hydrogen) atoms. The van der Waals surface area contributed by atoms with Gasteiger partial charge in [0.05, 0.1) is 6.42 Å². The fraction of sp³-hybridized carbons (Fsp3) is 0.429. The zero-order valence-electron chi connectivity index (χ0n) is 12.3. The second-order valence-electron chi connectivity index (χ2n) is 5.51. The smallest absolute Gasteiger partial charge is 0.329 e. The van der Waals surface area contributed by atoms with Crippen LogP contribution in [0.25, 0.3) is 0 Å². The van der Waals surface area contributed by atoms with Gasteiger partial charge in [0.2, 0.25) is 5.91 Å². The zero-order chi connectivity index (χ0) is 16.0. The number of imide groups is 1. The molecule has 0 aliphatic heterocycles. The van der Waals surface area contributed by atoms with Crippen molar-refractivity contribution >= 4 is 23.7 Å². The number of amides is 3. The van der Waals surface area contributed by atoms with Crippen LogP contribution in [-0.4, -0.2) is 35.0 Å². The molecule has 0 aliphatic carbocycles. The maximum atomic E-state index is 11.9. The summed E-state index contributed by atoms with van der Waals surface area (Å²) >= 11 is 0. The van der Waals surface area contributed by atoms with Crippen LogP contribution in [0.15, 0.2) is 24.4 Å². The van der Waals surface area contributed by atoms with Crippen molar-refractivity contribution in [1.82, 2.24) is 10.3 Å². The molecule has 1 aromatic rings. The highest BCUT2D eigenvalue weighted by Crippen LogP contribution is 2.24. The molecule has 3 amide bonds. The number of pyridine rings is 1. The Balaban J connectivity index is 2.58. The highest BCUT2D eigenvalue weighted by Gasteiger charge is 2.26. The molecule has 0 atom stereocenters. The summed E-state index contributed by atoms with van der Waals surface area (Å²) in [6.07, 6.45) is 1.34. The number of nitrogens with zero attached hydrogens (tertiary/aromatic N) is 2. The van der Waals surface area contributed by atoms with E-state index in [4.69, 9.17) is 5.11 Å². The number of urea groups is 1. The van der Waals surface area contributed by atoms with Crippen LogP contribution in [0.4, 0.5) is 10.6 Å². The third-order valence-corrected chi connectivity index (χ3v) is 2.81. The molecule has 0 saturated carbocycles. The number of carboxylic acids is 1. The van der Waals surface area contributed by atoms with Gasteiger partial charge in [0, 0.05) is 19.7 Å². The molecule has 0 aliphatic rings. The summed E-state index contributed by atoms with van der Waals surface area (Å²) in [7, 11) is 1.49. The third kappa shape index (κ3) is 5.60. The Morgan fingerprint density at radius 2 is 1.95 bits per heavy atom. The highest BCUT2D eigenvalue weighted by atomic mass is 16.4. The van der Waals surface area contributed by atoms with Crippen LogP contribution >= 0.6 is 0 Å². The topological polar surface area (TPSA) is 99.6 Å². The van der Waals surface area contributed by atoms with E-state index in [9.17, 15) is 14.4 Å². The van der Waals surface area contributed by atoms with Crippen molar-refractivity contribution in [1.29, 1.82) is 0 Å². The van der Waals surface area contributed by atoms with E-state index >= 15 is 0 Å². The van der Waals surface area contributed by atoms with E-state index in [1.165, 1.54) is 18.1 Å². The quantitative estimate of drug-likeness (QED) is 0.859. The van der Waals surface area contributed by atoms with Gasteiger partial charge in [0.1, 0.15) is 5.82 Å². The summed E-state index contributed by atoms with van der Waals surface area (Å²) in [6.45, 7) is 3.32. The van der Waals surface area contributed by atoms with Crippen molar-refractivity contribution in [3.8, 4) is 0 Å². The Morgan fingerprint density at radius 1 is 1.29 bits per heavy atom. The van der Waals surface area contributed by atoms with Crippen molar-refractivity contribution < 1.29 is 19.5 Å². The SMILES string of the molecule is CN(C(=O)NC(=O)CC(C)(C)CC(=O)O)c1ccccn1. The molecule has 1 aromatic heterocycles. The monoisotopic (exact) mass is 293 g/mol. The Bertz CT molecular complexity index is 528. The van der Waals surface area contributed by atoms with Crippen LogP contribution in [0.2, 0.25) is 0 Å². The van der Waals surface area contributed by atoms with Crippen molar-refractivity contribution in [2.75, 3.05) is 11.9 Å². The standard InChI is InChI=1S/C14H19N3O4/c1-14(2,9-12(19)20)8-11(18)16-13(21)17(3)10-6-4-5-7-15-10/h4-7H,8-9H2,1-3H3,(H,19,20)(H,16,18,21). The van der Waals surface area contributed by atoms with Crippen LogP contribution in [0.1, 0.15) is 26.7 Å². The minimum Gasteiger partial charge on any atom is -0.481 e. The van der Waals surface area contributed by atoms with E-state index in [2.05, 4.69) is 10.3 Å². The van der Waals surface area contributed by atoms with Crippen LogP contribution in [0.5, 0.6) is 0 Å². The van der Waals surface area contributed by atoms with E-state index in [0.717, 1.165) is 0 Å². The maximum absolute atomic E-state index is 11.9. The summed E-state index contributed by atoms with van der Waals surface area (Å²) in [5.41, 5.74) is -0.722. The van der Waals surface area contributed by atoms with Gasteiger partial charge < -0.3 is 5.11 Å². The number of carboxylic acid groups (broad SMARTS) is 1. The second-order valence-corrected chi connectivity index (χ2v) is 5.51. The number of aliphatic carboxylic acids is 1. The summed E-state index contributed by atoms with van der Waals surface area (Å²) < 4.78 is 0. The maximum Gasteiger partial charge on any atom is 0.329 e. The first-order chi connectivity index (χ1) is 9.71. The Morgan fingerprint density at radius 3 is 2.48 bits per heavy atom. The molecule has 0 spiro atoms. The fourth-order valence-corrected chi connectivity index (χ4v) is 1.81. The second kappa shape index (κ2) is 6.83. The number of hydrogen-bond acceptors (Lipinski definition) is 4. The van der Waals surface area contributed by atoms with Gasteiger partial charge in [0.25, 0.3) is 0 Å². The van der Waals surface area contributed by atoms with Crippen molar-refractivity contribution in [3.63, 3.8) is 0 Å². The minimum atomic E-state index is -0.982. The van der Waals surface area contributed by atoms with Crippen molar-refractivity contribution in [3.05, 3.63) is 24.4 Å². The number of nitrogens with one attached hydrogen (secondary N) is 1. The van der Waals surface area contributed by atoms with Crippen molar-refractivity contribution in [2.24, 2.45) is 5.41 Å². The number of carbonyl (C=O) groups excluding carboxylic acids is 2. The largest absolute Gasteiger partial charge is 0.481 e. The first-order valence-electron chi connectivity index (χ1n) is 6.42. The third-order valence-electron chi connectivity index (χ3n) is 2.81. The lowest BCUT2D eigenvalue weighted by molar-refractivity contribution is -0.139. The molecule has 114 valence electrons. The molecule has 0 fully saturated rings. The number of hydrogen-bond donors (Lipinski definition) is 2. The van der Waals surface area contributed by atoms with Crippen LogP contribution in [0, 0.1) is 5.41 Å². The van der Waals surface area contributed by atoms with Gasteiger partial charge in [-0.1, -0.05) is 19.9 Å². The fourth-order valence-electron chi connectivity index (χ4n) is 1.81. The molecule has 0 saturated heterocycles. The van der Waals surface area contributed by atoms with Gasteiger partial charge in [-0.2, -0.15) is 0 Å². The van der Waals surface area contributed by atoms with Crippen LogP contribution in [0.3, 0.4) is 0 Å². The van der Waals surface area contributed by atoms with E-state index in [1.54, 1.807) is 32.0 Å². The molecule has 0 bridgehead atoms. The number of anilines is 1. The predicted molar refractivity (Wildman–Crippen MR) is 76.8 cm³/mol.